The largest absolute Gasteiger partial charge is 0.494 e. The fourth-order valence-electron chi connectivity index (χ4n) is 8.95. The number of thiazole rings is 1. The quantitative estimate of drug-likeness (QED) is 0.0585. The first kappa shape index (κ1) is 47.0. The Morgan fingerprint density at radius 3 is 2.39 bits per heavy atom. The lowest BCUT2D eigenvalue weighted by molar-refractivity contribution is -0.140. The van der Waals surface area contributed by atoms with Crippen molar-refractivity contribution >= 4 is 86.1 Å². The highest BCUT2D eigenvalue weighted by Crippen LogP contribution is 2.37. The summed E-state index contributed by atoms with van der Waals surface area (Å²) in [6.07, 6.45) is 10.0. The maximum absolute atomic E-state index is 13.8. The van der Waals surface area contributed by atoms with Crippen molar-refractivity contribution in [1.29, 1.82) is 0 Å². The van der Waals surface area contributed by atoms with Crippen molar-refractivity contribution < 1.29 is 38.2 Å². The van der Waals surface area contributed by atoms with Crippen molar-refractivity contribution in [2.45, 2.75) is 66.6 Å². The topological polar surface area (TPSA) is 245 Å². The molecule has 2 aliphatic heterocycles. The molecule has 0 unspecified atom stereocenters. The predicted octanol–water partition coefficient (Wildman–Crippen LogP) is 5.42. The molecule has 5 aromatic heterocycles. The number of hydrogen-bond donors (Lipinski definition) is 2. The molecule has 360 valence electrons. The average molecular weight is 967 g/mol. The number of rotatable bonds is 19. The zero-order valence-corrected chi connectivity index (χ0v) is 40.0. The number of carbonyl (C=O) groups excluding carboxylic acids is 6. The van der Waals surface area contributed by atoms with Crippen LogP contribution in [0.25, 0.3) is 44.5 Å². The van der Waals surface area contributed by atoms with Crippen LogP contribution in [0.1, 0.15) is 73.5 Å². The van der Waals surface area contributed by atoms with E-state index in [1.807, 2.05) is 55.2 Å². The molecule has 20 nitrogen and oxygen atoms in total. The first-order valence-corrected chi connectivity index (χ1v) is 23.7. The number of aryl methyl sites for hydroxylation is 4. The molecule has 0 bridgehead atoms. The van der Waals surface area contributed by atoms with Crippen LogP contribution in [0.4, 0.5) is 5.95 Å². The number of aldehydes is 1. The van der Waals surface area contributed by atoms with Crippen molar-refractivity contribution in [3.8, 4) is 23.0 Å². The molecule has 70 heavy (non-hydrogen) atoms. The highest BCUT2D eigenvalue weighted by atomic mass is 32.1. The molecule has 0 spiro atoms. The van der Waals surface area contributed by atoms with Gasteiger partial charge in [-0.05, 0) is 69.9 Å². The number of nitrogens with two attached hydrogens (primary N) is 1. The second kappa shape index (κ2) is 19.5. The van der Waals surface area contributed by atoms with Gasteiger partial charge in [0.15, 0.2) is 5.82 Å². The van der Waals surface area contributed by atoms with E-state index in [1.54, 1.807) is 39.9 Å². The van der Waals surface area contributed by atoms with Crippen molar-refractivity contribution in [2.24, 2.45) is 11.7 Å². The van der Waals surface area contributed by atoms with Crippen molar-refractivity contribution in [3.05, 3.63) is 93.2 Å². The molecular formula is C49H50N12O8S. The number of aromatic nitrogens is 8. The van der Waals surface area contributed by atoms with Crippen LogP contribution in [0, 0.1) is 19.8 Å². The van der Waals surface area contributed by atoms with Crippen molar-refractivity contribution in [1.82, 2.24) is 48.7 Å². The van der Waals surface area contributed by atoms with Crippen LogP contribution >= 0.6 is 11.3 Å². The van der Waals surface area contributed by atoms with E-state index in [-0.39, 0.29) is 61.9 Å². The summed E-state index contributed by atoms with van der Waals surface area (Å²) in [6, 6.07) is 8.54. The van der Waals surface area contributed by atoms with E-state index in [1.165, 1.54) is 30.6 Å². The normalized spacial score (nSPS) is 14.0. The summed E-state index contributed by atoms with van der Waals surface area (Å²) in [4.78, 5) is 97.7. The Morgan fingerprint density at radius 2 is 1.69 bits per heavy atom. The summed E-state index contributed by atoms with van der Waals surface area (Å²) < 4.78 is 17.9. The fraction of sp³-hybridized carbons (Fsp3) is 0.327. The molecule has 7 aromatic rings. The second-order valence-corrected chi connectivity index (χ2v) is 18.2. The average Bonchev–Trinajstić information content (AvgIpc) is 4.15. The smallest absolute Gasteiger partial charge is 0.269 e. The lowest BCUT2D eigenvalue weighted by atomic mass is 9.96. The molecule has 5 amide bonds. The summed E-state index contributed by atoms with van der Waals surface area (Å²) in [5.74, 6) is -0.335. The van der Waals surface area contributed by atoms with E-state index in [0.29, 0.717) is 98.9 Å². The molecule has 7 heterocycles. The Balaban J connectivity index is 1.03. The second-order valence-electron chi connectivity index (χ2n) is 17.0. The number of methoxy groups -OCH3 is 1. The van der Waals surface area contributed by atoms with Gasteiger partial charge in [0.2, 0.25) is 17.8 Å². The Bertz CT molecular complexity index is 3320. The predicted molar refractivity (Wildman–Crippen MR) is 261 cm³/mol. The van der Waals surface area contributed by atoms with Gasteiger partial charge in [0.25, 0.3) is 17.7 Å². The number of likely N-dealkylation sites (tertiary alicyclic amines) is 1. The summed E-state index contributed by atoms with van der Waals surface area (Å²) in [7, 11) is 1.48. The molecule has 0 radical (unpaired) electrons. The Kier molecular flexibility index (Phi) is 13.1. The first-order chi connectivity index (χ1) is 33.8. The van der Waals surface area contributed by atoms with E-state index >= 15 is 0 Å². The SMILES string of the molecule is CCc1nc(C)sc1C(=O)Nc1nc2cc(C(N)=O)cc(OC)c2n1C/C=C/Cn1c2nc(-c3cc(C)nn3CC)ncc2c2cc(C=O)cc(OCCC3CN(C(=O)CCN4C(=O)C=CC4=O)C3)c21. The summed E-state index contributed by atoms with van der Waals surface area (Å²) in [6.45, 7) is 10.1. The highest BCUT2D eigenvalue weighted by Gasteiger charge is 2.32. The summed E-state index contributed by atoms with van der Waals surface area (Å²) in [5.41, 5.74) is 10.7. The summed E-state index contributed by atoms with van der Waals surface area (Å²) in [5, 5.41) is 9.77. The fourth-order valence-corrected chi connectivity index (χ4v) is 9.85. The van der Waals surface area contributed by atoms with Crippen LogP contribution in [0.2, 0.25) is 0 Å². The molecule has 2 aromatic carbocycles. The van der Waals surface area contributed by atoms with E-state index < -0.39 is 17.7 Å². The van der Waals surface area contributed by atoms with Crippen LogP contribution in [-0.2, 0) is 40.4 Å². The third-order valence-corrected chi connectivity index (χ3v) is 13.4. The van der Waals surface area contributed by atoms with Crippen LogP contribution in [0.3, 0.4) is 0 Å². The van der Waals surface area contributed by atoms with Crippen molar-refractivity contribution in [2.75, 3.05) is 38.7 Å². The van der Waals surface area contributed by atoms with E-state index in [9.17, 15) is 28.8 Å². The Labute approximate surface area is 404 Å². The molecule has 9 rings (SSSR count). The molecule has 0 aliphatic carbocycles. The monoisotopic (exact) mass is 966 g/mol. The third-order valence-electron chi connectivity index (χ3n) is 12.4. The number of imidazole rings is 1. The van der Waals surface area contributed by atoms with Crippen molar-refractivity contribution in [3.63, 3.8) is 0 Å². The molecule has 0 atom stereocenters. The van der Waals surface area contributed by atoms with Gasteiger partial charge < -0.3 is 29.2 Å². The van der Waals surface area contributed by atoms with Gasteiger partial charge in [-0.3, -0.25) is 43.7 Å². The number of benzene rings is 2. The van der Waals surface area contributed by atoms with Gasteiger partial charge in [0, 0.05) is 85.9 Å². The third kappa shape index (κ3) is 9.02. The highest BCUT2D eigenvalue weighted by molar-refractivity contribution is 7.13. The minimum Gasteiger partial charge on any atom is -0.494 e. The van der Waals surface area contributed by atoms with Crippen LogP contribution in [-0.4, -0.2) is 118 Å². The number of hydrogen-bond acceptors (Lipinski definition) is 14. The molecule has 21 heteroatoms. The van der Waals surface area contributed by atoms with Gasteiger partial charge >= 0.3 is 0 Å². The zero-order valence-electron chi connectivity index (χ0n) is 39.2. The number of ether oxygens (including phenoxy) is 2. The Hall–Kier alpha value is -8.07. The lowest BCUT2D eigenvalue weighted by Crippen LogP contribution is -2.51. The van der Waals surface area contributed by atoms with E-state index in [4.69, 9.17) is 30.2 Å². The van der Waals surface area contributed by atoms with E-state index in [0.717, 1.165) is 27.6 Å². The molecule has 0 saturated carbocycles. The molecule has 1 fully saturated rings. The number of nitrogens with zero attached hydrogens (tertiary/aromatic N) is 10. The van der Waals surface area contributed by atoms with Gasteiger partial charge in [-0.1, -0.05) is 19.1 Å². The number of nitrogens with one attached hydrogen (secondary N) is 1. The van der Waals surface area contributed by atoms with Gasteiger partial charge in [0.1, 0.15) is 39.5 Å². The summed E-state index contributed by atoms with van der Waals surface area (Å²) >= 11 is 1.30. The van der Waals surface area contributed by atoms with Gasteiger partial charge in [0.05, 0.1) is 41.1 Å². The van der Waals surface area contributed by atoms with Crippen LogP contribution in [0.15, 0.2) is 60.8 Å². The molecular weight excluding hydrogens is 917 g/mol. The molecule has 3 N–H and O–H groups in total. The maximum Gasteiger partial charge on any atom is 0.269 e. The Morgan fingerprint density at radius 1 is 0.929 bits per heavy atom. The van der Waals surface area contributed by atoms with Crippen LogP contribution in [0.5, 0.6) is 11.5 Å². The number of amides is 5. The van der Waals surface area contributed by atoms with Gasteiger partial charge in [-0.25, -0.2) is 19.9 Å². The molecule has 1 saturated heterocycles. The number of carbonyl (C=O) groups is 6. The first-order valence-electron chi connectivity index (χ1n) is 22.9. The number of fused-ring (bicyclic) bond motifs is 4. The number of allylic oxidation sites excluding steroid dienone is 2. The lowest BCUT2D eigenvalue weighted by Gasteiger charge is -2.39. The number of anilines is 1. The standard InChI is InChI=1S/C49H50N12O8S/c1-6-34-44(70-28(4)52-34)48(67)55-49-53-35-21-31(45(50)66)22-37(68-5)43(35)60(49)15-9-8-14-59-42-32(33-23-51-46(54-47(33)59)36-18-27(3)56-61(36)7-2)19-30(26-62)20-38(42)69-17-13-29-24-57(25-29)39(63)12-16-58-40(64)10-11-41(58)65/h8-11,18-23,26,29H,6-7,12-17,24-25H2,1-5H3,(H2,50,66)(H,53,55,67)/b9-8+. The minimum atomic E-state index is -0.659. The molecule has 2 aliphatic rings. The van der Waals surface area contributed by atoms with Gasteiger partial charge in [-0.15, -0.1) is 11.3 Å². The minimum absolute atomic E-state index is 0.0368. The van der Waals surface area contributed by atoms with Crippen LogP contribution < -0.4 is 20.5 Å². The van der Waals surface area contributed by atoms with E-state index in [2.05, 4.69) is 15.4 Å². The zero-order chi connectivity index (χ0) is 49.4. The number of primary amides is 1. The van der Waals surface area contributed by atoms with Gasteiger partial charge in [-0.2, -0.15) is 5.10 Å². The number of imide groups is 1. The maximum atomic E-state index is 13.8.